The molecule has 0 unspecified atom stereocenters. The van der Waals surface area contributed by atoms with Crippen LogP contribution >= 0.6 is 0 Å². The smallest absolute Gasteiger partial charge is 0.0205 e. The van der Waals surface area contributed by atoms with Crippen LogP contribution in [-0.2, 0) is 13.0 Å². The molecule has 0 aliphatic carbocycles. The van der Waals surface area contributed by atoms with E-state index in [1.54, 1.807) is 0 Å². The van der Waals surface area contributed by atoms with Gasteiger partial charge in [-0.1, -0.05) is 58.9 Å². The van der Waals surface area contributed by atoms with Crippen LogP contribution in [0.25, 0.3) is 0 Å². The fraction of sp³-hybridized carbons (Fsp3) is 0.625. The van der Waals surface area contributed by atoms with Crippen molar-refractivity contribution in [3.05, 3.63) is 35.4 Å². The van der Waals surface area contributed by atoms with E-state index < -0.39 is 0 Å². The Labute approximate surface area is 107 Å². The fourth-order valence-electron chi connectivity index (χ4n) is 1.63. The summed E-state index contributed by atoms with van der Waals surface area (Å²) in [4.78, 5) is 0. The van der Waals surface area contributed by atoms with Crippen molar-refractivity contribution >= 4 is 0 Å². The maximum atomic E-state index is 3.56. The van der Waals surface area contributed by atoms with Crippen LogP contribution in [0.5, 0.6) is 0 Å². The minimum Gasteiger partial charge on any atom is -0.312 e. The van der Waals surface area contributed by atoms with E-state index in [0.29, 0.717) is 11.3 Å². The summed E-state index contributed by atoms with van der Waals surface area (Å²) in [6.45, 7) is 13.5. The molecular weight excluding hydrogens is 206 g/mol. The summed E-state index contributed by atoms with van der Waals surface area (Å²) < 4.78 is 0. The number of hydrogen-bond donors (Lipinski definition) is 1. The van der Waals surface area contributed by atoms with Gasteiger partial charge in [-0.15, -0.1) is 0 Å². The number of rotatable bonds is 6. The summed E-state index contributed by atoms with van der Waals surface area (Å²) >= 11 is 0. The zero-order valence-electron chi connectivity index (χ0n) is 12.0. The monoisotopic (exact) mass is 233 g/mol. The fourth-order valence-corrected chi connectivity index (χ4v) is 1.63. The first kappa shape index (κ1) is 14.2. The average molecular weight is 233 g/mol. The number of hydrogen-bond acceptors (Lipinski definition) is 1. The standard InChI is InChI=1S/C16H27N/c1-6-14-7-9-15(10-8-14)11-17-12-16(4,5)13(2)3/h7-10,13,17H,6,11-12H2,1-5H3. The predicted molar refractivity (Wildman–Crippen MR) is 76.1 cm³/mol. The van der Waals surface area contributed by atoms with Crippen LogP contribution in [0.4, 0.5) is 0 Å². The van der Waals surface area contributed by atoms with Crippen LogP contribution in [0.1, 0.15) is 45.7 Å². The molecule has 1 heteroatoms. The molecule has 1 N–H and O–H groups in total. The van der Waals surface area contributed by atoms with Gasteiger partial charge in [0.15, 0.2) is 0 Å². The van der Waals surface area contributed by atoms with E-state index >= 15 is 0 Å². The minimum atomic E-state index is 0.364. The molecule has 0 bridgehead atoms. The average Bonchev–Trinajstić information content (AvgIpc) is 2.29. The molecule has 0 amide bonds. The summed E-state index contributed by atoms with van der Waals surface area (Å²) in [5.74, 6) is 0.706. The van der Waals surface area contributed by atoms with Crippen LogP contribution < -0.4 is 5.32 Å². The second kappa shape index (κ2) is 6.20. The largest absolute Gasteiger partial charge is 0.312 e. The first-order valence-electron chi connectivity index (χ1n) is 6.74. The van der Waals surface area contributed by atoms with Crippen molar-refractivity contribution in [2.45, 2.75) is 47.6 Å². The van der Waals surface area contributed by atoms with Gasteiger partial charge >= 0.3 is 0 Å². The van der Waals surface area contributed by atoms with Crippen molar-refractivity contribution in [1.29, 1.82) is 0 Å². The molecule has 96 valence electrons. The van der Waals surface area contributed by atoms with E-state index in [2.05, 4.69) is 64.2 Å². The van der Waals surface area contributed by atoms with Gasteiger partial charge in [-0.3, -0.25) is 0 Å². The predicted octanol–water partition coefficient (Wildman–Crippen LogP) is 4.02. The summed E-state index contributed by atoms with van der Waals surface area (Å²) in [5, 5.41) is 3.56. The number of benzene rings is 1. The Morgan fingerprint density at radius 2 is 1.59 bits per heavy atom. The lowest BCUT2D eigenvalue weighted by Crippen LogP contribution is -2.33. The second-order valence-electron chi connectivity index (χ2n) is 5.92. The summed E-state index contributed by atoms with van der Waals surface area (Å²) in [5.41, 5.74) is 3.15. The Morgan fingerprint density at radius 3 is 2.06 bits per heavy atom. The number of nitrogens with one attached hydrogen (secondary N) is 1. The highest BCUT2D eigenvalue weighted by Crippen LogP contribution is 2.24. The van der Waals surface area contributed by atoms with Crippen LogP contribution in [-0.4, -0.2) is 6.54 Å². The number of aryl methyl sites for hydroxylation is 1. The highest BCUT2D eigenvalue weighted by molar-refractivity contribution is 5.22. The highest BCUT2D eigenvalue weighted by atomic mass is 14.9. The van der Waals surface area contributed by atoms with Crippen molar-refractivity contribution in [3.8, 4) is 0 Å². The summed E-state index contributed by atoms with van der Waals surface area (Å²) in [7, 11) is 0. The molecular formula is C16H27N. The molecule has 1 rings (SSSR count). The zero-order chi connectivity index (χ0) is 12.9. The van der Waals surface area contributed by atoms with Gasteiger partial charge in [0, 0.05) is 13.1 Å². The van der Waals surface area contributed by atoms with Gasteiger partial charge in [-0.05, 0) is 28.9 Å². The lowest BCUT2D eigenvalue weighted by Gasteiger charge is -2.29. The molecule has 0 atom stereocenters. The third kappa shape index (κ3) is 4.51. The first-order valence-corrected chi connectivity index (χ1v) is 6.74. The van der Waals surface area contributed by atoms with Crippen molar-refractivity contribution in [2.75, 3.05) is 6.54 Å². The van der Waals surface area contributed by atoms with Crippen molar-refractivity contribution in [1.82, 2.24) is 5.32 Å². The van der Waals surface area contributed by atoms with Gasteiger partial charge in [0.2, 0.25) is 0 Å². The molecule has 17 heavy (non-hydrogen) atoms. The molecule has 0 spiro atoms. The molecule has 0 saturated carbocycles. The van der Waals surface area contributed by atoms with Crippen LogP contribution in [0, 0.1) is 11.3 Å². The van der Waals surface area contributed by atoms with Crippen molar-refractivity contribution in [2.24, 2.45) is 11.3 Å². The highest BCUT2D eigenvalue weighted by Gasteiger charge is 2.21. The van der Waals surface area contributed by atoms with E-state index in [4.69, 9.17) is 0 Å². The van der Waals surface area contributed by atoms with Gasteiger partial charge in [0.05, 0.1) is 0 Å². The maximum Gasteiger partial charge on any atom is 0.0205 e. The minimum absolute atomic E-state index is 0.364. The van der Waals surface area contributed by atoms with Crippen molar-refractivity contribution in [3.63, 3.8) is 0 Å². The van der Waals surface area contributed by atoms with Gasteiger partial charge in [0.25, 0.3) is 0 Å². The Morgan fingerprint density at radius 1 is 1.06 bits per heavy atom. The Kier molecular flexibility index (Phi) is 5.20. The van der Waals surface area contributed by atoms with Crippen molar-refractivity contribution < 1.29 is 0 Å². The van der Waals surface area contributed by atoms with Crippen LogP contribution in [0.15, 0.2) is 24.3 Å². The molecule has 1 aromatic rings. The van der Waals surface area contributed by atoms with Gasteiger partial charge < -0.3 is 5.32 Å². The Balaban J connectivity index is 2.40. The molecule has 0 aliphatic heterocycles. The van der Waals surface area contributed by atoms with Crippen LogP contribution in [0.3, 0.4) is 0 Å². The molecule has 0 radical (unpaired) electrons. The SMILES string of the molecule is CCc1ccc(CNCC(C)(C)C(C)C)cc1. The lowest BCUT2D eigenvalue weighted by atomic mass is 9.81. The molecule has 0 aromatic heterocycles. The van der Waals surface area contributed by atoms with Gasteiger partial charge in [-0.25, -0.2) is 0 Å². The molecule has 1 nitrogen and oxygen atoms in total. The normalized spacial score (nSPS) is 12.1. The van der Waals surface area contributed by atoms with E-state index in [1.807, 2.05) is 0 Å². The second-order valence-corrected chi connectivity index (χ2v) is 5.92. The van der Waals surface area contributed by atoms with Gasteiger partial charge in [-0.2, -0.15) is 0 Å². The third-order valence-corrected chi connectivity index (χ3v) is 3.90. The van der Waals surface area contributed by atoms with E-state index in [0.717, 1.165) is 19.5 Å². The molecule has 0 saturated heterocycles. The zero-order valence-corrected chi connectivity index (χ0v) is 12.0. The molecule has 0 heterocycles. The topological polar surface area (TPSA) is 12.0 Å². The molecule has 0 fully saturated rings. The lowest BCUT2D eigenvalue weighted by molar-refractivity contribution is 0.238. The summed E-state index contributed by atoms with van der Waals surface area (Å²) in [6.07, 6.45) is 1.12. The quantitative estimate of drug-likeness (QED) is 0.782. The van der Waals surface area contributed by atoms with E-state index in [1.165, 1.54) is 11.1 Å². The van der Waals surface area contributed by atoms with Gasteiger partial charge in [0.1, 0.15) is 0 Å². The summed E-state index contributed by atoms with van der Waals surface area (Å²) in [6, 6.07) is 8.91. The van der Waals surface area contributed by atoms with E-state index in [9.17, 15) is 0 Å². The van der Waals surface area contributed by atoms with E-state index in [-0.39, 0.29) is 0 Å². The molecule has 1 aromatic carbocycles. The Bertz CT molecular complexity index is 322. The molecule has 0 aliphatic rings. The van der Waals surface area contributed by atoms with Crippen LogP contribution in [0.2, 0.25) is 0 Å². The maximum absolute atomic E-state index is 3.56. The first-order chi connectivity index (χ1) is 7.95. The third-order valence-electron chi connectivity index (χ3n) is 3.90. The Hall–Kier alpha value is -0.820.